The van der Waals surface area contributed by atoms with E-state index in [9.17, 15) is 0 Å². The molecular weight excluding hydrogens is 280 g/mol. The van der Waals surface area contributed by atoms with E-state index in [1.54, 1.807) is 6.20 Å². The van der Waals surface area contributed by atoms with E-state index in [0.717, 1.165) is 40.1 Å². The van der Waals surface area contributed by atoms with Gasteiger partial charge in [-0.2, -0.15) is 5.10 Å². The quantitative estimate of drug-likeness (QED) is 0.946. The van der Waals surface area contributed by atoms with Crippen LogP contribution in [0.2, 0.25) is 0 Å². The Morgan fingerprint density at radius 1 is 1.47 bits per heavy atom. The van der Waals surface area contributed by atoms with Crippen molar-refractivity contribution in [2.45, 2.75) is 26.8 Å². The second-order valence-electron chi connectivity index (χ2n) is 3.91. The SMILES string of the molecule is CCn1nc(C)c(Br)c1Cc1cnccc1N. The molecule has 0 radical (unpaired) electrons. The minimum absolute atomic E-state index is 0.745. The number of anilines is 1. The highest BCUT2D eigenvalue weighted by Crippen LogP contribution is 2.25. The monoisotopic (exact) mass is 294 g/mol. The van der Waals surface area contributed by atoms with E-state index in [1.165, 1.54) is 0 Å². The smallest absolute Gasteiger partial charge is 0.0738 e. The van der Waals surface area contributed by atoms with Crippen LogP contribution in [0.3, 0.4) is 0 Å². The summed E-state index contributed by atoms with van der Waals surface area (Å²) in [5, 5.41) is 4.46. The van der Waals surface area contributed by atoms with E-state index in [-0.39, 0.29) is 0 Å². The van der Waals surface area contributed by atoms with Gasteiger partial charge in [0.15, 0.2) is 0 Å². The highest BCUT2D eigenvalue weighted by Gasteiger charge is 2.13. The molecule has 2 rings (SSSR count). The first-order valence-corrected chi connectivity index (χ1v) is 6.33. The molecule has 0 aromatic carbocycles. The minimum Gasteiger partial charge on any atom is -0.398 e. The molecule has 2 aromatic heterocycles. The maximum Gasteiger partial charge on any atom is 0.0738 e. The lowest BCUT2D eigenvalue weighted by atomic mass is 10.1. The van der Waals surface area contributed by atoms with Crippen molar-refractivity contribution in [2.24, 2.45) is 0 Å². The Labute approximate surface area is 109 Å². The Bertz CT molecular complexity index is 533. The topological polar surface area (TPSA) is 56.7 Å². The molecule has 2 N–H and O–H groups in total. The normalized spacial score (nSPS) is 10.8. The summed E-state index contributed by atoms with van der Waals surface area (Å²) in [5.41, 5.74) is 9.88. The summed E-state index contributed by atoms with van der Waals surface area (Å²) in [4.78, 5) is 4.11. The van der Waals surface area contributed by atoms with Crippen molar-refractivity contribution < 1.29 is 0 Å². The van der Waals surface area contributed by atoms with Crippen LogP contribution in [0.4, 0.5) is 5.69 Å². The third-order valence-electron chi connectivity index (χ3n) is 2.75. The number of hydrogen-bond donors (Lipinski definition) is 1. The van der Waals surface area contributed by atoms with E-state index in [1.807, 2.05) is 23.9 Å². The number of nitrogens with zero attached hydrogens (tertiary/aromatic N) is 3. The van der Waals surface area contributed by atoms with Crippen LogP contribution in [0.5, 0.6) is 0 Å². The van der Waals surface area contributed by atoms with Gasteiger partial charge in [0, 0.05) is 31.0 Å². The zero-order chi connectivity index (χ0) is 12.4. The fraction of sp³-hybridized carbons (Fsp3) is 0.333. The molecule has 90 valence electrons. The molecule has 0 fully saturated rings. The fourth-order valence-corrected chi connectivity index (χ4v) is 2.23. The summed E-state index contributed by atoms with van der Waals surface area (Å²) in [6, 6.07) is 1.82. The molecule has 5 heteroatoms. The molecule has 0 aliphatic heterocycles. The van der Waals surface area contributed by atoms with Gasteiger partial charge in [-0.25, -0.2) is 0 Å². The fourth-order valence-electron chi connectivity index (χ4n) is 1.80. The second kappa shape index (κ2) is 4.87. The van der Waals surface area contributed by atoms with Crippen LogP contribution in [-0.2, 0) is 13.0 Å². The lowest BCUT2D eigenvalue weighted by Crippen LogP contribution is -2.05. The molecule has 0 spiro atoms. The molecule has 2 aromatic rings. The summed E-state index contributed by atoms with van der Waals surface area (Å²) >= 11 is 3.58. The minimum atomic E-state index is 0.745. The molecule has 0 bridgehead atoms. The molecular formula is C12H15BrN4. The zero-order valence-corrected chi connectivity index (χ0v) is 11.5. The zero-order valence-electron chi connectivity index (χ0n) is 9.94. The number of rotatable bonds is 3. The Balaban J connectivity index is 2.39. The Hall–Kier alpha value is -1.36. The predicted octanol–water partition coefficient (Wildman–Crippen LogP) is 2.54. The van der Waals surface area contributed by atoms with Crippen LogP contribution in [0.25, 0.3) is 0 Å². The predicted molar refractivity (Wildman–Crippen MR) is 71.8 cm³/mol. The summed E-state index contributed by atoms with van der Waals surface area (Å²) < 4.78 is 3.05. The second-order valence-corrected chi connectivity index (χ2v) is 4.71. The van der Waals surface area contributed by atoms with Gasteiger partial charge in [0.05, 0.1) is 15.9 Å². The van der Waals surface area contributed by atoms with Gasteiger partial charge >= 0.3 is 0 Å². The first-order valence-electron chi connectivity index (χ1n) is 5.53. The Morgan fingerprint density at radius 3 is 2.88 bits per heavy atom. The van der Waals surface area contributed by atoms with E-state index in [4.69, 9.17) is 5.73 Å². The van der Waals surface area contributed by atoms with Crippen molar-refractivity contribution in [1.82, 2.24) is 14.8 Å². The number of nitrogen functional groups attached to an aromatic ring is 1. The Morgan fingerprint density at radius 2 is 2.24 bits per heavy atom. The molecule has 17 heavy (non-hydrogen) atoms. The highest BCUT2D eigenvalue weighted by atomic mass is 79.9. The molecule has 0 unspecified atom stereocenters. The van der Waals surface area contributed by atoms with Crippen LogP contribution in [0.1, 0.15) is 23.9 Å². The van der Waals surface area contributed by atoms with Gasteiger partial charge < -0.3 is 5.73 Å². The van der Waals surface area contributed by atoms with Crippen LogP contribution >= 0.6 is 15.9 Å². The molecule has 0 aliphatic carbocycles. The third-order valence-corrected chi connectivity index (χ3v) is 3.78. The molecule has 4 nitrogen and oxygen atoms in total. The molecule has 0 amide bonds. The highest BCUT2D eigenvalue weighted by molar-refractivity contribution is 9.10. The van der Waals surface area contributed by atoms with E-state index >= 15 is 0 Å². The van der Waals surface area contributed by atoms with Gasteiger partial charge in [-0.05, 0) is 41.4 Å². The first kappa shape index (κ1) is 12.1. The van der Waals surface area contributed by atoms with Gasteiger partial charge in [0.2, 0.25) is 0 Å². The molecule has 0 saturated carbocycles. The van der Waals surface area contributed by atoms with Gasteiger partial charge in [-0.1, -0.05) is 0 Å². The lowest BCUT2D eigenvalue weighted by Gasteiger charge is -2.07. The average Bonchev–Trinajstić information content (AvgIpc) is 2.59. The maximum absolute atomic E-state index is 5.93. The van der Waals surface area contributed by atoms with Gasteiger partial charge in [0.25, 0.3) is 0 Å². The van der Waals surface area contributed by atoms with Gasteiger partial charge in [-0.3, -0.25) is 9.67 Å². The van der Waals surface area contributed by atoms with E-state index < -0.39 is 0 Å². The number of hydrogen-bond acceptors (Lipinski definition) is 3. The van der Waals surface area contributed by atoms with Crippen molar-refractivity contribution in [1.29, 1.82) is 0 Å². The van der Waals surface area contributed by atoms with E-state index in [0.29, 0.717) is 0 Å². The largest absolute Gasteiger partial charge is 0.398 e. The summed E-state index contributed by atoms with van der Waals surface area (Å²) in [6.07, 6.45) is 4.26. The van der Waals surface area contributed by atoms with Crippen LogP contribution in [0.15, 0.2) is 22.9 Å². The Kier molecular flexibility index (Phi) is 3.47. The van der Waals surface area contributed by atoms with Crippen LogP contribution in [0, 0.1) is 6.92 Å². The average molecular weight is 295 g/mol. The molecule has 2 heterocycles. The lowest BCUT2D eigenvalue weighted by molar-refractivity contribution is 0.624. The van der Waals surface area contributed by atoms with Crippen molar-refractivity contribution in [2.75, 3.05) is 5.73 Å². The molecule has 0 aliphatic rings. The van der Waals surface area contributed by atoms with Crippen LogP contribution < -0.4 is 5.73 Å². The van der Waals surface area contributed by atoms with Crippen molar-refractivity contribution >= 4 is 21.6 Å². The maximum atomic E-state index is 5.93. The van der Waals surface area contributed by atoms with Crippen molar-refractivity contribution in [3.8, 4) is 0 Å². The number of halogens is 1. The van der Waals surface area contributed by atoms with Crippen molar-refractivity contribution in [3.63, 3.8) is 0 Å². The summed E-state index contributed by atoms with van der Waals surface area (Å²) in [5.74, 6) is 0. The first-order chi connectivity index (χ1) is 8.13. The van der Waals surface area contributed by atoms with E-state index in [2.05, 4.69) is 32.9 Å². The third kappa shape index (κ3) is 2.34. The standard InChI is InChI=1S/C12H15BrN4/c1-3-17-11(12(13)8(2)16-17)6-9-7-15-5-4-10(9)14/h4-5,7H,3,6H2,1-2H3,(H2,14,15). The van der Waals surface area contributed by atoms with Gasteiger partial charge in [0.1, 0.15) is 0 Å². The number of aryl methyl sites for hydroxylation is 2. The van der Waals surface area contributed by atoms with Gasteiger partial charge in [-0.15, -0.1) is 0 Å². The summed E-state index contributed by atoms with van der Waals surface area (Å²) in [7, 11) is 0. The number of aromatic nitrogens is 3. The number of pyridine rings is 1. The molecule has 0 saturated heterocycles. The van der Waals surface area contributed by atoms with Crippen LogP contribution in [-0.4, -0.2) is 14.8 Å². The number of nitrogens with two attached hydrogens (primary N) is 1. The van der Waals surface area contributed by atoms with Crippen molar-refractivity contribution in [3.05, 3.63) is 39.9 Å². The molecule has 0 atom stereocenters. The summed E-state index contributed by atoms with van der Waals surface area (Å²) in [6.45, 7) is 4.92.